The van der Waals surface area contributed by atoms with Gasteiger partial charge in [-0.3, -0.25) is 0 Å². The molecule has 2 rings (SSSR count). The van der Waals surface area contributed by atoms with E-state index in [1.165, 1.54) is 0 Å². The number of amides is 1. The van der Waals surface area contributed by atoms with Crippen molar-refractivity contribution in [3.8, 4) is 0 Å². The molecule has 1 heterocycles. The zero-order valence-corrected chi connectivity index (χ0v) is 14.1. The number of nitrogens with zero attached hydrogens (tertiary/aromatic N) is 1. The molecule has 0 saturated heterocycles. The van der Waals surface area contributed by atoms with Crippen LogP contribution in [0, 0.1) is 0 Å². The van der Waals surface area contributed by atoms with Crippen molar-refractivity contribution in [3.63, 3.8) is 0 Å². The van der Waals surface area contributed by atoms with Crippen LogP contribution in [0.4, 0.5) is 16.3 Å². The van der Waals surface area contributed by atoms with E-state index < -0.39 is 11.7 Å². The van der Waals surface area contributed by atoms with E-state index in [0.29, 0.717) is 6.54 Å². The predicted octanol–water partition coefficient (Wildman–Crippen LogP) is 3.28. The Morgan fingerprint density at radius 1 is 1.13 bits per heavy atom. The summed E-state index contributed by atoms with van der Waals surface area (Å²) in [5, 5.41) is 6.09. The molecule has 0 spiro atoms. The third-order valence-corrected chi connectivity index (χ3v) is 3.12. The molecule has 0 aliphatic heterocycles. The number of anilines is 2. The zero-order chi connectivity index (χ0) is 16.9. The molecule has 0 aliphatic carbocycles. The monoisotopic (exact) mass is 314 g/mol. The second-order valence-electron chi connectivity index (χ2n) is 6.37. The van der Waals surface area contributed by atoms with Crippen molar-refractivity contribution in [1.82, 2.24) is 5.32 Å². The molecule has 1 aromatic heterocycles. The van der Waals surface area contributed by atoms with Gasteiger partial charge in [0, 0.05) is 12.6 Å². The van der Waals surface area contributed by atoms with Gasteiger partial charge in [0.1, 0.15) is 11.3 Å². The number of pyridine rings is 1. The second-order valence-corrected chi connectivity index (χ2v) is 6.37. The molecule has 5 nitrogen and oxygen atoms in total. The third kappa shape index (κ3) is 5.62. The summed E-state index contributed by atoms with van der Waals surface area (Å²) >= 11 is 0. The molecule has 2 aromatic rings. The minimum Gasteiger partial charge on any atom is -0.444 e. The molecular weight excluding hydrogens is 290 g/mol. The Hall–Kier alpha value is -2.56. The Bertz CT molecular complexity index is 661. The molecule has 0 aliphatic rings. The first-order valence-corrected chi connectivity index (χ1v) is 7.61. The van der Waals surface area contributed by atoms with Crippen molar-refractivity contribution in [1.29, 1.82) is 0 Å². The van der Waals surface area contributed by atoms with Crippen LogP contribution in [0.25, 0.3) is 0 Å². The van der Waals surface area contributed by atoms with Gasteiger partial charge in [-0.15, -0.1) is 0 Å². The van der Waals surface area contributed by atoms with Crippen molar-refractivity contribution >= 4 is 17.6 Å². The van der Waals surface area contributed by atoms with Crippen LogP contribution in [0.1, 0.15) is 26.3 Å². The normalized spacial score (nSPS) is 11.0. The van der Waals surface area contributed by atoms with Gasteiger partial charge in [-0.2, -0.15) is 0 Å². The number of aromatic nitrogens is 1. The van der Waals surface area contributed by atoms with Crippen molar-refractivity contribution in [2.45, 2.75) is 32.9 Å². The molecule has 0 bridgehead atoms. The molecular formula is C18H24N3O2+. The van der Waals surface area contributed by atoms with Gasteiger partial charge in [0.05, 0.1) is 13.2 Å². The fourth-order valence-electron chi connectivity index (χ4n) is 2.00. The number of hydrogen-bond acceptors (Lipinski definition) is 3. The fourth-order valence-corrected chi connectivity index (χ4v) is 2.00. The van der Waals surface area contributed by atoms with Crippen molar-refractivity contribution in [2.75, 3.05) is 5.32 Å². The summed E-state index contributed by atoms with van der Waals surface area (Å²) in [5.41, 5.74) is 1.52. The van der Waals surface area contributed by atoms with Gasteiger partial charge in [0.15, 0.2) is 0 Å². The first-order chi connectivity index (χ1) is 10.8. The van der Waals surface area contributed by atoms with Gasteiger partial charge in [0.2, 0.25) is 0 Å². The molecule has 1 aromatic carbocycles. The van der Waals surface area contributed by atoms with Gasteiger partial charge >= 0.3 is 6.09 Å². The summed E-state index contributed by atoms with van der Waals surface area (Å²) < 4.78 is 7.22. The van der Waals surface area contributed by atoms with Crippen LogP contribution in [0.3, 0.4) is 0 Å². The number of carbonyl (C=O) groups excluding carboxylic acids is 1. The Labute approximate surface area is 137 Å². The number of hydrogen-bond donors (Lipinski definition) is 2. The highest BCUT2D eigenvalue weighted by atomic mass is 16.6. The van der Waals surface area contributed by atoms with Crippen molar-refractivity contribution < 1.29 is 14.1 Å². The summed E-state index contributed by atoms with van der Waals surface area (Å²) in [7, 11) is 1.99. The molecule has 0 saturated carbocycles. The molecule has 0 atom stereocenters. The summed E-state index contributed by atoms with van der Waals surface area (Å²) in [6, 6.07) is 13.9. The van der Waals surface area contributed by atoms with Crippen LogP contribution in [-0.2, 0) is 18.3 Å². The summed E-state index contributed by atoms with van der Waals surface area (Å²) in [6.07, 6.45) is 1.58. The van der Waals surface area contributed by atoms with E-state index in [0.717, 1.165) is 17.1 Å². The first kappa shape index (κ1) is 16.8. The lowest BCUT2D eigenvalue weighted by molar-refractivity contribution is -0.657. The summed E-state index contributed by atoms with van der Waals surface area (Å²) in [5.74, 6) is 1.01. The third-order valence-electron chi connectivity index (χ3n) is 3.12. The standard InChI is InChI=1S/C18H23N3O2/c1-18(2,3)23-17(22)19-13-14-8-10-15(11-9-14)20-16-7-5-6-12-21(16)4/h5-12H,13H2,1-4H3,(H,19,22)/p+1. The molecule has 122 valence electrons. The lowest BCUT2D eigenvalue weighted by Gasteiger charge is -2.19. The zero-order valence-electron chi connectivity index (χ0n) is 14.1. The first-order valence-electron chi connectivity index (χ1n) is 7.61. The second kappa shape index (κ2) is 7.13. The highest BCUT2D eigenvalue weighted by molar-refractivity contribution is 5.67. The maximum atomic E-state index is 11.6. The van der Waals surface area contributed by atoms with Crippen LogP contribution in [0.5, 0.6) is 0 Å². The van der Waals surface area contributed by atoms with Crippen LogP contribution in [0.15, 0.2) is 48.7 Å². The summed E-state index contributed by atoms with van der Waals surface area (Å²) in [4.78, 5) is 11.6. The average Bonchev–Trinajstić information content (AvgIpc) is 2.47. The summed E-state index contributed by atoms with van der Waals surface area (Å²) in [6.45, 7) is 5.97. The van der Waals surface area contributed by atoms with Crippen molar-refractivity contribution in [2.24, 2.45) is 7.05 Å². The SMILES string of the molecule is C[n+]1ccccc1Nc1ccc(CNC(=O)OC(C)(C)C)cc1. The average molecular weight is 314 g/mol. The Morgan fingerprint density at radius 2 is 1.83 bits per heavy atom. The van der Waals surface area contributed by atoms with Gasteiger partial charge in [-0.25, -0.2) is 14.7 Å². The van der Waals surface area contributed by atoms with Gasteiger partial charge in [-0.05, 0) is 44.5 Å². The molecule has 2 N–H and O–H groups in total. The topological polar surface area (TPSA) is 54.2 Å². The van der Waals surface area contributed by atoms with Gasteiger partial charge < -0.3 is 10.1 Å². The number of alkyl carbamates (subject to hydrolysis) is 1. The van der Waals surface area contributed by atoms with Crippen LogP contribution in [0.2, 0.25) is 0 Å². The Morgan fingerprint density at radius 3 is 2.43 bits per heavy atom. The maximum absolute atomic E-state index is 11.6. The number of rotatable bonds is 4. The lowest BCUT2D eigenvalue weighted by Crippen LogP contribution is -2.32. The van der Waals surface area contributed by atoms with Crippen LogP contribution in [-0.4, -0.2) is 11.7 Å². The van der Waals surface area contributed by atoms with E-state index in [1.807, 2.05) is 81.0 Å². The molecule has 0 unspecified atom stereocenters. The minimum atomic E-state index is -0.483. The van der Waals surface area contributed by atoms with E-state index >= 15 is 0 Å². The van der Waals surface area contributed by atoms with E-state index in [9.17, 15) is 4.79 Å². The number of benzene rings is 1. The lowest BCUT2D eigenvalue weighted by atomic mass is 10.2. The molecule has 0 radical (unpaired) electrons. The highest BCUT2D eigenvalue weighted by Crippen LogP contribution is 2.14. The maximum Gasteiger partial charge on any atom is 0.407 e. The number of nitrogens with one attached hydrogen (secondary N) is 2. The predicted molar refractivity (Wildman–Crippen MR) is 90.4 cm³/mol. The van der Waals surface area contributed by atoms with Gasteiger partial charge in [0.25, 0.3) is 5.82 Å². The highest BCUT2D eigenvalue weighted by Gasteiger charge is 2.15. The van der Waals surface area contributed by atoms with E-state index in [2.05, 4.69) is 10.6 Å². The number of carbonyl (C=O) groups is 1. The van der Waals surface area contributed by atoms with E-state index in [-0.39, 0.29) is 0 Å². The van der Waals surface area contributed by atoms with Crippen LogP contribution >= 0.6 is 0 Å². The quantitative estimate of drug-likeness (QED) is 0.852. The van der Waals surface area contributed by atoms with E-state index in [1.54, 1.807) is 0 Å². The van der Waals surface area contributed by atoms with Crippen molar-refractivity contribution in [3.05, 3.63) is 54.2 Å². The number of ether oxygens (including phenoxy) is 1. The molecule has 0 fully saturated rings. The van der Waals surface area contributed by atoms with Crippen LogP contribution < -0.4 is 15.2 Å². The molecule has 5 heteroatoms. The smallest absolute Gasteiger partial charge is 0.407 e. The molecule has 23 heavy (non-hydrogen) atoms. The largest absolute Gasteiger partial charge is 0.444 e. The van der Waals surface area contributed by atoms with Gasteiger partial charge in [-0.1, -0.05) is 18.2 Å². The molecule has 1 amide bonds. The Kier molecular flexibility index (Phi) is 5.21. The fraction of sp³-hybridized carbons (Fsp3) is 0.333. The van der Waals surface area contributed by atoms with E-state index in [4.69, 9.17) is 4.74 Å². The Balaban J connectivity index is 1.90. The minimum absolute atomic E-state index is 0.406. The number of aryl methyl sites for hydroxylation is 1.